The van der Waals surface area contributed by atoms with Crippen molar-refractivity contribution in [3.8, 4) is 0 Å². The Kier molecular flexibility index (Phi) is 3.19. The molecule has 0 fully saturated rings. The SMILES string of the molecule is Cc1ccccc1C(=O)N(C)c1cccnc1. The molecule has 0 aliphatic carbocycles. The summed E-state index contributed by atoms with van der Waals surface area (Å²) in [5.74, 6) is -0.0175. The van der Waals surface area contributed by atoms with Crippen molar-refractivity contribution in [1.82, 2.24) is 4.98 Å². The summed E-state index contributed by atoms with van der Waals surface area (Å²) in [5.41, 5.74) is 2.49. The number of aromatic nitrogens is 1. The molecule has 0 bridgehead atoms. The summed E-state index contributed by atoms with van der Waals surface area (Å²) < 4.78 is 0. The van der Waals surface area contributed by atoms with Gasteiger partial charge in [-0.3, -0.25) is 9.78 Å². The highest BCUT2D eigenvalue weighted by atomic mass is 16.2. The molecule has 2 rings (SSSR count). The summed E-state index contributed by atoms with van der Waals surface area (Å²) in [4.78, 5) is 17.9. The maximum atomic E-state index is 12.3. The molecule has 3 heteroatoms. The molecule has 0 spiro atoms. The minimum absolute atomic E-state index is 0.0175. The van der Waals surface area contributed by atoms with Crippen molar-refractivity contribution >= 4 is 11.6 Å². The zero-order valence-corrected chi connectivity index (χ0v) is 9.92. The molecule has 1 heterocycles. The van der Waals surface area contributed by atoms with Crippen LogP contribution in [0.5, 0.6) is 0 Å². The van der Waals surface area contributed by atoms with Crippen LogP contribution in [0.3, 0.4) is 0 Å². The number of hydrogen-bond donors (Lipinski definition) is 0. The van der Waals surface area contributed by atoms with Crippen LogP contribution in [-0.2, 0) is 0 Å². The number of pyridine rings is 1. The number of amides is 1. The van der Waals surface area contributed by atoms with Gasteiger partial charge in [-0.2, -0.15) is 0 Å². The van der Waals surface area contributed by atoms with E-state index in [1.54, 1.807) is 24.3 Å². The van der Waals surface area contributed by atoms with E-state index >= 15 is 0 Å². The van der Waals surface area contributed by atoms with Crippen LogP contribution < -0.4 is 4.90 Å². The van der Waals surface area contributed by atoms with Crippen molar-refractivity contribution in [2.45, 2.75) is 6.92 Å². The summed E-state index contributed by atoms with van der Waals surface area (Å²) in [6.07, 6.45) is 3.37. The van der Waals surface area contributed by atoms with Crippen LogP contribution in [0.4, 0.5) is 5.69 Å². The Hall–Kier alpha value is -2.16. The molecule has 0 radical (unpaired) electrons. The molecule has 0 aliphatic rings. The number of rotatable bonds is 2. The van der Waals surface area contributed by atoms with Gasteiger partial charge in [0.2, 0.25) is 0 Å². The highest BCUT2D eigenvalue weighted by Gasteiger charge is 2.14. The number of carbonyl (C=O) groups is 1. The summed E-state index contributed by atoms with van der Waals surface area (Å²) in [7, 11) is 1.76. The molecule has 1 amide bonds. The first-order valence-electron chi connectivity index (χ1n) is 5.44. The van der Waals surface area contributed by atoms with Crippen LogP contribution in [-0.4, -0.2) is 17.9 Å². The summed E-state index contributed by atoms with van der Waals surface area (Å²) >= 11 is 0. The summed E-state index contributed by atoms with van der Waals surface area (Å²) in [6.45, 7) is 1.93. The number of nitrogens with zero attached hydrogens (tertiary/aromatic N) is 2. The molecule has 0 aliphatic heterocycles. The molecule has 1 aromatic carbocycles. The second-order valence-electron chi connectivity index (χ2n) is 3.89. The molecule has 0 atom stereocenters. The van der Waals surface area contributed by atoms with E-state index < -0.39 is 0 Å². The van der Waals surface area contributed by atoms with Crippen LogP contribution in [0.2, 0.25) is 0 Å². The Balaban J connectivity index is 2.30. The number of anilines is 1. The van der Waals surface area contributed by atoms with E-state index in [-0.39, 0.29) is 5.91 Å². The lowest BCUT2D eigenvalue weighted by atomic mass is 10.1. The van der Waals surface area contributed by atoms with Gasteiger partial charge in [0.25, 0.3) is 5.91 Å². The van der Waals surface area contributed by atoms with Gasteiger partial charge in [-0.05, 0) is 30.7 Å². The van der Waals surface area contributed by atoms with E-state index in [9.17, 15) is 4.79 Å². The normalized spacial score (nSPS) is 10.0. The van der Waals surface area contributed by atoms with Gasteiger partial charge in [-0.1, -0.05) is 18.2 Å². The van der Waals surface area contributed by atoms with Gasteiger partial charge in [0.1, 0.15) is 0 Å². The van der Waals surface area contributed by atoms with Gasteiger partial charge in [0, 0.05) is 18.8 Å². The lowest BCUT2D eigenvalue weighted by molar-refractivity contribution is 0.0992. The van der Waals surface area contributed by atoms with Crippen LogP contribution in [0.15, 0.2) is 48.8 Å². The highest BCUT2D eigenvalue weighted by Crippen LogP contribution is 2.15. The fourth-order valence-electron chi connectivity index (χ4n) is 1.66. The second kappa shape index (κ2) is 4.78. The molecular formula is C14H14N2O. The van der Waals surface area contributed by atoms with E-state index in [0.29, 0.717) is 0 Å². The summed E-state index contributed by atoms with van der Waals surface area (Å²) in [6, 6.07) is 11.3. The first-order valence-corrected chi connectivity index (χ1v) is 5.44. The van der Waals surface area contributed by atoms with E-state index in [4.69, 9.17) is 0 Å². The minimum Gasteiger partial charge on any atom is -0.310 e. The molecule has 86 valence electrons. The van der Waals surface area contributed by atoms with Crippen molar-refractivity contribution in [2.24, 2.45) is 0 Å². The van der Waals surface area contributed by atoms with Gasteiger partial charge in [0.05, 0.1) is 11.9 Å². The number of aryl methyl sites for hydroxylation is 1. The third kappa shape index (κ3) is 2.33. The molecular weight excluding hydrogens is 212 g/mol. The second-order valence-corrected chi connectivity index (χ2v) is 3.89. The quantitative estimate of drug-likeness (QED) is 0.788. The first-order chi connectivity index (χ1) is 8.20. The summed E-state index contributed by atoms with van der Waals surface area (Å²) in [5, 5.41) is 0. The van der Waals surface area contributed by atoms with E-state index in [2.05, 4.69) is 4.98 Å². The van der Waals surface area contributed by atoms with Gasteiger partial charge >= 0.3 is 0 Å². The molecule has 0 unspecified atom stereocenters. The van der Waals surface area contributed by atoms with Crippen molar-refractivity contribution < 1.29 is 4.79 Å². The molecule has 1 aromatic heterocycles. The first kappa shape index (κ1) is 11.3. The third-order valence-corrected chi connectivity index (χ3v) is 2.71. The highest BCUT2D eigenvalue weighted by molar-refractivity contribution is 6.06. The van der Waals surface area contributed by atoms with Crippen molar-refractivity contribution in [2.75, 3.05) is 11.9 Å². The van der Waals surface area contributed by atoms with Crippen molar-refractivity contribution in [3.63, 3.8) is 0 Å². The van der Waals surface area contributed by atoms with Gasteiger partial charge in [-0.15, -0.1) is 0 Å². The topological polar surface area (TPSA) is 33.2 Å². The maximum absolute atomic E-state index is 12.3. The van der Waals surface area contributed by atoms with Gasteiger partial charge in [-0.25, -0.2) is 0 Å². The minimum atomic E-state index is -0.0175. The number of hydrogen-bond acceptors (Lipinski definition) is 2. The monoisotopic (exact) mass is 226 g/mol. The molecule has 0 saturated carbocycles. The largest absolute Gasteiger partial charge is 0.310 e. The number of carbonyl (C=O) groups excluding carboxylic acids is 1. The standard InChI is InChI=1S/C14H14N2O/c1-11-6-3-4-8-13(11)14(17)16(2)12-7-5-9-15-10-12/h3-10H,1-2H3. The number of benzene rings is 1. The molecule has 0 N–H and O–H groups in total. The van der Waals surface area contributed by atoms with Gasteiger partial charge in [0.15, 0.2) is 0 Å². The Labute approximate surface area is 101 Å². The molecule has 0 saturated heterocycles. The van der Waals surface area contributed by atoms with Gasteiger partial charge < -0.3 is 4.90 Å². The lowest BCUT2D eigenvalue weighted by Crippen LogP contribution is -2.26. The zero-order valence-electron chi connectivity index (χ0n) is 9.92. The average Bonchev–Trinajstić information content (AvgIpc) is 2.39. The predicted molar refractivity (Wildman–Crippen MR) is 68.1 cm³/mol. The molecule has 17 heavy (non-hydrogen) atoms. The van der Waals surface area contributed by atoms with Crippen molar-refractivity contribution in [1.29, 1.82) is 0 Å². The van der Waals surface area contributed by atoms with Crippen LogP contribution in [0.1, 0.15) is 15.9 Å². The predicted octanol–water partition coefficient (Wildman–Crippen LogP) is 2.67. The van der Waals surface area contributed by atoms with E-state index in [1.807, 2.05) is 43.3 Å². The average molecular weight is 226 g/mol. The molecule has 2 aromatic rings. The molecule has 3 nitrogen and oxygen atoms in total. The third-order valence-electron chi connectivity index (χ3n) is 2.71. The smallest absolute Gasteiger partial charge is 0.258 e. The fraction of sp³-hybridized carbons (Fsp3) is 0.143. The Morgan fingerprint density at radius 1 is 1.18 bits per heavy atom. The Morgan fingerprint density at radius 2 is 1.94 bits per heavy atom. The van der Waals surface area contributed by atoms with E-state index in [0.717, 1.165) is 16.8 Å². The Bertz CT molecular complexity index is 523. The van der Waals surface area contributed by atoms with E-state index in [1.165, 1.54) is 0 Å². The maximum Gasteiger partial charge on any atom is 0.258 e. The lowest BCUT2D eigenvalue weighted by Gasteiger charge is -2.17. The van der Waals surface area contributed by atoms with Crippen LogP contribution >= 0.6 is 0 Å². The van der Waals surface area contributed by atoms with Crippen LogP contribution in [0.25, 0.3) is 0 Å². The fourth-order valence-corrected chi connectivity index (χ4v) is 1.66. The zero-order chi connectivity index (χ0) is 12.3. The van der Waals surface area contributed by atoms with Crippen molar-refractivity contribution in [3.05, 3.63) is 59.9 Å². The van der Waals surface area contributed by atoms with Crippen LogP contribution in [0, 0.1) is 6.92 Å². The Morgan fingerprint density at radius 3 is 2.59 bits per heavy atom.